The van der Waals surface area contributed by atoms with Gasteiger partial charge in [-0.15, -0.1) is 0 Å². The Balaban J connectivity index is 2.05. The molecule has 118 valence electrons. The van der Waals surface area contributed by atoms with Gasteiger partial charge in [0, 0.05) is 32.7 Å². The Hall–Kier alpha value is -0.950. The van der Waals surface area contributed by atoms with E-state index < -0.39 is 10.0 Å². The molecule has 1 N–H and O–H groups in total. The average Bonchev–Trinajstić information content (AvgIpc) is 2.84. The van der Waals surface area contributed by atoms with Crippen molar-refractivity contribution >= 4 is 10.0 Å². The SMILES string of the molecule is CC(NC1CCN(C)C1)c1ccc(S(=O)(=O)N(C)C)cc1. The number of benzene rings is 1. The van der Waals surface area contributed by atoms with Crippen molar-refractivity contribution < 1.29 is 8.42 Å². The molecule has 21 heavy (non-hydrogen) atoms. The van der Waals surface area contributed by atoms with E-state index in [2.05, 4.69) is 24.2 Å². The van der Waals surface area contributed by atoms with E-state index in [-0.39, 0.29) is 6.04 Å². The molecule has 0 amide bonds. The number of sulfonamides is 1. The van der Waals surface area contributed by atoms with E-state index >= 15 is 0 Å². The summed E-state index contributed by atoms with van der Waals surface area (Å²) in [6.45, 7) is 4.32. The van der Waals surface area contributed by atoms with Crippen molar-refractivity contribution in [2.75, 3.05) is 34.2 Å². The van der Waals surface area contributed by atoms with Crippen LogP contribution in [0.15, 0.2) is 29.2 Å². The van der Waals surface area contributed by atoms with Gasteiger partial charge in [0.1, 0.15) is 0 Å². The highest BCUT2D eigenvalue weighted by molar-refractivity contribution is 7.89. The van der Waals surface area contributed by atoms with Gasteiger partial charge in [0.25, 0.3) is 0 Å². The van der Waals surface area contributed by atoms with Gasteiger partial charge in [0.2, 0.25) is 10.0 Å². The van der Waals surface area contributed by atoms with Gasteiger partial charge in [-0.05, 0) is 44.6 Å². The molecule has 1 aromatic carbocycles. The van der Waals surface area contributed by atoms with Crippen LogP contribution in [0.2, 0.25) is 0 Å². The highest BCUT2D eigenvalue weighted by Gasteiger charge is 2.22. The molecule has 6 heteroatoms. The van der Waals surface area contributed by atoms with Gasteiger partial charge >= 0.3 is 0 Å². The summed E-state index contributed by atoms with van der Waals surface area (Å²) in [6.07, 6.45) is 1.16. The summed E-state index contributed by atoms with van der Waals surface area (Å²) in [4.78, 5) is 2.65. The van der Waals surface area contributed by atoms with Gasteiger partial charge in [-0.1, -0.05) is 12.1 Å². The Morgan fingerprint density at radius 3 is 2.38 bits per heavy atom. The summed E-state index contributed by atoms with van der Waals surface area (Å²) in [5.41, 5.74) is 1.11. The van der Waals surface area contributed by atoms with Crippen molar-refractivity contribution in [2.45, 2.75) is 30.3 Å². The molecule has 0 spiro atoms. The van der Waals surface area contributed by atoms with E-state index in [0.29, 0.717) is 10.9 Å². The molecular formula is C15H25N3O2S. The predicted octanol–water partition coefficient (Wildman–Crippen LogP) is 1.29. The lowest BCUT2D eigenvalue weighted by molar-refractivity contribution is 0.387. The Bertz CT molecular complexity index is 569. The Morgan fingerprint density at radius 1 is 1.29 bits per heavy atom. The van der Waals surface area contributed by atoms with Crippen molar-refractivity contribution in [3.8, 4) is 0 Å². The average molecular weight is 311 g/mol. The zero-order valence-electron chi connectivity index (χ0n) is 13.2. The molecule has 1 aromatic rings. The molecule has 0 aromatic heterocycles. The fraction of sp³-hybridized carbons (Fsp3) is 0.600. The van der Waals surface area contributed by atoms with Gasteiger partial charge in [-0.2, -0.15) is 0 Å². The fourth-order valence-corrected chi connectivity index (χ4v) is 3.56. The molecule has 2 unspecified atom stereocenters. The molecule has 0 radical (unpaired) electrons. The quantitative estimate of drug-likeness (QED) is 0.890. The third-order valence-electron chi connectivity index (χ3n) is 4.04. The van der Waals surface area contributed by atoms with E-state index in [0.717, 1.165) is 25.1 Å². The molecule has 1 fully saturated rings. The molecule has 5 nitrogen and oxygen atoms in total. The summed E-state index contributed by atoms with van der Waals surface area (Å²) in [7, 11) is 1.88. The van der Waals surface area contributed by atoms with Crippen LogP contribution < -0.4 is 5.32 Å². The summed E-state index contributed by atoms with van der Waals surface area (Å²) in [5.74, 6) is 0. The molecule has 0 saturated carbocycles. The van der Waals surface area contributed by atoms with Crippen LogP contribution >= 0.6 is 0 Å². The number of nitrogens with one attached hydrogen (secondary N) is 1. The van der Waals surface area contributed by atoms with Gasteiger partial charge in [0.05, 0.1) is 4.90 Å². The summed E-state index contributed by atoms with van der Waals surface area (Å²) in [6, 6.07) is 7.89. The Labute approximate surface area is 128 Å². The van der Waals surface area contributed by atoms with Crippen molar-refractivity contribution in [1.29, 1.82) is 0 Å². The minimum absolute atomic E-state index is 0.220. The molecule has 1 saturated heterocycles. The number of nitrogens with zero attached hydrogens (tertiary/aromatic N) is 2. The standard InChI is InChI=1S/C15H25N3O2S/c1-12(16-14-9-10-18(4)11-14)13-5-7-15(8-6-13)21(19,20)17(2)3/h5-8,12,14,16H,9-11H2,1-4H3. The van der Waals surface area contributed by atoms with E-state index in [9.17, 15) is 8.42 Å². The lowest BCUT2D eigenvalue weighted by Gasteiger charge is -2.20. The number of hydrogen-bond acceptors (Lipinski definition) is 4. The van der Waals surface area contributed by atoms with Crippen LogP contribution in [-0.2, 0) is 10.0 Å². The molecule has 1 heterocycles. The third-order valence-corrected chi connectivity index (χ3v) is 5.87. The Kier molecular flexibility index (Phi) is 5.03. The van der Waals surface area contributed by atoms with Crippen LogP contribution in [0, 0.1) is 0 Å². The summed E-state index contributed by atoms with van der Waals surface area (Å²) >= 11 is 0. The molecule has 0 bridgehead atoms. The second kappa shape index (κ2) is 6.44. The molecular weight excluding hydrogens is 286 g/mol. The normalized spacial score (nSPS) is 21.9. The van der Waals surface area contributed by atoms with Gasteiger partial charge in [0.15, 0.2) is 0 Å². The van der Waals surface area contributed by atoms with Crippen LogP contribution in [0.1, 0.15) is 24.9 Å². The van der Waals surface area contributed by atoms with Crippen molar-refractivity contribution in [1.82, 2.24) is 14.5 Å². The van der Waals surface area contributed by atoms with E-state index in [1.165, 1.54) is 4.31 Å². The minimum Gasteiger partial charge on any atom is -0.306 e. The van der Waals surface area contributed by atoms with Gasteiger partial charge < -0.3 is 10.2 Å². The topological polar surface area (TPSA) is 52.7 Å². The second-order valence-electron chi connectivity index (χ2n) is 5.99. The molecule has 2 rings (SSSR count). The number of likely N-dealkylation sites (tertiary alicyclic amines) is 1. The van der Waals surface area contributed by atoms with Gasteiger partial charge in [-0.3, -0.25) is 0 Å². The van der Waals surface area contributed by atoms with Crippen LogP contribution in [0.25, 0.3) is 0 Å². The summed E-state index contributed by atoms with van der Waals surface area (Å²) < 4.78 is 25.3. The zero-order chi connectivity index (χ0) is 15.6. The smallest absolute Gasteiger partial charge is 0.242 e. The number of hydrogen-bond donors (Lipinski definition) is 1. The fourth-order valence-electron chi connectivity index (χ4n) is 2.66. The van der Waals surface area contributed by atoms with E-state index in [4.69, 9.17) is 0 Å². The molecule has 1 aliphatic heterocycles. The first-order valence-corrected chi connectivity index (χ1v) is 8.72. The van der Waals surface area contributed by atoms with Crippen LogP contribution in [0.3, 0.4) is 0 Å². The molecule has 1 aliphatic rings. The van der Waals surface area contributed by atoms with Gasteiger partial charge in [-0.25, -0.2) is 12.7 Å². The lowest BCUT2D eigenvalue weighted by atomic mass is 10.1. The summed E-state index contributed by atoms with van der Waals surface area (Å²) in [5, 5.41) is 3.60. The molecule has 0 aliphatic carbocycles. The maximum atomic E-state index is 12.0. The number of rotatable bonds is 5. The first kappa shape index (κ1) is 16.4. The van der Waals surface area contributed by atoms with Crippen molar-refractivity contribution in [3.63, 3.8) is 0 Å². The molecule has 2 atom stereocenters. The highest BCUT2D eigenvalue weighted by Crippen LogP contribution is 2.19. The van der Waals surface area contributed by atoms with E-state index in [1.54, 1.807) is 26.2 Å². The monoisotopic (exact) mass is 311 g/mol. The highest BCUT2D eigenvalue weighted by atomic mass is 32.2. The maximum absolute atomic E-state index is 12.0. The first-order chi connectivity index (χ1) is 9.80. The van der Waals surface area contributed by atoms with E-state index in [1.807, 2.05) is 12.1 Å². The lowest BCUT2D eigenvalue weighted by Crippen LogP contribution is -2.33. The predicted molar refractivity (Wildman–Crippen MR) is 84.8 cm³/mol. The van der Waals surface area contributed by atoms with Crippen LogP contribution in [-0.4, -0.2) is 57.9 Å². The second-order valence-corrected chi connectivity index (χ2v) is 8.14. The minimum atomic E-state index is -3.34. The zero-order valence-corrected chi connectivity index (χ0v) is 14.0. The maximum Gasteiger partial charge on any atom is 0.242 e. The third kappa shape index (κ3) is 3.83. The van der Waals surface area contributed by atoms with Crippen LogP contribution in [0.4, 0.5) is 0 Å². The van der Waals surface area contributed by atoms with Crippen molar-refractivity contribution in [3.05, 3.63) is 29.8 Å². The first-order valence-electron chi connectivity index (χ1n) is 7.28. The number of likely N-dealkylation sites (N-methyl/N-ethyl adjacent to an activating group) is 1. The van der Waals surface area contributed by atoms with Crippen molar-refractivity contribution in [2.24, 2.45) is 0 Å². The largest absolute Gasteiger partial charge is 0.306 e. The Morgan fingerprint density at radius 2 is 1.90 bits per heavy atom. The van der Waals surface area contributed by atoms with Crippen LogP contribution in [0.5, 0.6) is 0 Å².